The van der Waals surface area contributed by atoms with E-state index in [1.54, 1.807) is 6.07 Å². The molecule has 0 N–H and O–H groups in total. The summed E-state index contributed by atoms with van der Waals surface area (Å²) in [5, 5.41) is 1.78. The molecule has 0 aromatic heterocycles. The summed E-state index contributed by atoms with van der Waals surface area (Å²) >= 11 is 0. The van der Waals surface area contributed by atoms with Gasteiger partial charge in [0.2, 0.25) is 0 Å². The quantitative estimate of drug-likeness (QED) is 0.419. The summed E-state index contributed by atoms with van der Waals surface area (Å²) in [7, 11) is 0.193. The first-order valence-electron chi connectivity index (χ1n) is 10.4. The highest BCUT2D eigenvalue weighted by Crippen LogP contribution is 2.37. The number of hydrogen-bond acceptors (Lipinski definition) is 1. The molecule has 0 saturated heterocycles. The molecule has 30 heavy (non-hydrogen) atoms. The fraction of sp³-hybridized carbons (Fsp3) is 0.333. The normalized spacial score (nSPS) is 12.5. The van der Waals surface area contributed by atoms with Crippen LogP contribution in [0.5, 0.6) is 5.75 Å². The third-order valence-electron chi connectivity index (χ3n) is 5.13. The predicted molar refractivity (Wildman–Crippen MR) is 129 cm³/mol. The van der Waals surface area contributed by atoms with Crippen LogP contribution in [-0.4, -0.2) is 0 Å². The Hall–Kier alpha value is -2.18. The molecule has 1 atom stereocenters. The molecule has 3 rings (SSSR count). The van der Waals surface area contributed by atoms with Crippen molar-refractivity contribution in [3.63, 3.8) is 0 Å². The van der Waals surface area contributed by atoms with E-state index >= 15 is 0 Å². The van der Waals surface area contributed by atoms with Crippen LogP contribution in [-0.2, 0) is 17.4 Å². The third-order valence-corrected chi connectivity index (χ3v) is 6.45. The second kappa shape index (κ2) is 8.90. The molecular weight excluding hydrogens is 390 g/mol. The highest BCUT2D eigenvalue weighted by atomic mass is 31.1. The molecule has 1 unspecified atom stereocenters. The van der Waals surface area contributed by atoms with Gasteiger partial charge in [-0.3, -0.25) is 0 Å². The van der Waals surface area contributed by atoms with E-state index < -0.39 is 0 Å². The van der Waals surface area contributed by atoms with Crippen molar-refractivity contribution in [3.8, 4) is 5.75 Å². The zero-order chi connectivity index (χ0) is 21.9. The highest BCUT2D eigenvalue weighted by molar-refractivity contribution is 7.55. The summed E-state index contributed by atoms with van der Waals surface area (Å²) < 4.78 is 20.9. The monoisotopic (exact) mass is 422 g/mol. The molecule has 0 amide bonds. The van der Waals surface area contributed by atoms with Gasteiger partial charge in [-0.1, -0.05) is 105 Å². The van der Waals surface area contributed by atoms with Gasteiger partial charge in [0.15, 0.2) is 0 Å². The van der Waals surface area contributed by atoms with Gasteiger partial charge in [0, 0.05) is 16.2 Å². The van der Waals surface area contributed by atoms with Gasteiger partial charge in [0.1, 0.15) is 18.2 Å². The van der Waals surface area contributed by atoms with Crippen molar-refractivity contribution in [2.24, 2.45) is 0 Å². The van der Waals surface area contributed by atoms with Gasteiger partial charge in [-0.05, 0) is 34.1 Å². The Morgan fingerprint density at radius 3 is 2.00 bits per heavy atom. The van der Waals surface area contributed by atoms with Gasteiger partial charge in [-0.25, -0.2) is 4.39 Å². The predicted octanol–water partition coefficient (Wildman–Crippen LogP) is 6.63. The van der Waals surface area contributed by atoms with Crippen molar-refractivity contribution in [1.29, 1.82) is 0 Å². The molecular formula is C27H32FOP. The minimum absolute atomic E-state index is 0.00752. The maximum Gasteiger partial charge on any atom is 0.131 e. The van der Waals surface area contributed by atoms with Crippen LogP contribution in [0.1, 0.15) is 58.2 Å². The standard InChI is InChI=1S/C27H32FOP/c1-26(2,3)20-16-21(27(4,5)6)25(29-18-19-12-8-7-9-13-19)24(17-20)30-23-15-11-10-14-22(23)28/h7-17,30H,18H2,1-6H3. The van der Waals surface area contributed by atoms with Crippen LogP contribution >= 0.6 is 8.58 Å². The van der Waals surface area contributed by atoms with Gasteiger partial charge in [0.05, 0.1) is 0 Å². The molecule has 0 aliphatic carbocycles. The number of hydrogen-bond donors (Lipinski definition) is 0. The summed E-state index contributed by atoms with van der Waals surface area (Å²) in [5.41, 5.74) is 3.44. The van der Waals surface area contributed by atoms with E-state index in [0.29, 0.717) is 11.9 Å². The van der Waals surface area contributed by atoms with Gasteiger partial charge in [-0.15, -0.1) is 0 Å². The molecule has 158 valence electrons. The molecule has 0 radical (unpaired) electrons. The van der Waals surface area contributed by atoms with Crippen LogP contribution in [0.4, 0.5) is 4.39 Å². The molecule has 0 bridgehead atoms. The largest absolute Gasteiger partial charge is 0.488 e. The van der Waals surface area contributed by atoms with Crippen LogP contribution in [0.2, 0.25) is 0 Å². The number of halogens is 1. The van der Waals surface area contributed by atoms with Crippen LogP contribution < -0.4 is 15.3 Å². The fourth-order valence-electron chi connectivity index (χ4n) is 3.30. The number of benzene rings is 3. The maximum atomic E-state index is 14.5. The van der Waals surface area contributed by atoms with Gasteiger partial charge < -0.3 is 4.74 Å². The Bertz CT molecular complexity index is 998. The van der Waals surface area contributed by atoms with E-state index in [2.05, 4.69) is 65.8 Å². The molecule has 3 aromatic carbocycles. The van der Waals surface area contributed by atoms with Gasteiger partial charge in [0.25, 0.3) is 0 Å². The molecule has 0 spiro atoms. The van der Waals surface area contributed by atoms with E-state index in [4.69, 9.17) is 4.74 Å². The first-order valence-corrected chi connectivity index (χ1v) is 11.4. The second-order valence-electron chi connectivity index (χ2n) is 9.78. The highest BCUT2D eigenvalue weighted by Gasteiger charge is 2.26. The average Bonchev–Trinajstić information content (AvgIpc) is 2.67. The molecule has 0 saturated carbocycles. The molecule has 0 heterocycles. The lowest BCUT2D eigenvalue weighted by Crippen LogP contribution is -2.23. The van der Waals surface area contributed by atoms with Crippen molar-refractivity contribution in [1.82, 2.24) is 0 Å². The minimum Gasteiger partial charge on any atom is -0.488 e. The summed E-state index contributed by atoms with van der Waals surface area (Å²) in [4.78, 5) is 0. The third kappa shape index (κ3) is 5.49. The van der Waals surface area contributed by atoms with Crippen LogP contribution in [0, 0.1) is 5.82 Å². The average molecular weight is 423 g/mol. The van der Waals surface area contributed by atoms with Crippen molar-refractivity contribution in [2.45, 2.75) is 59.0 Å². The number of rotatable bonds is 5. The summed E-state index contributed by atoms with van der Waals surface area (Å²) in [6.45, 7) is 13.8. The molecule has 0 aliphatic heterocycles. The van der Waals surface area contributed by atoms with Gasteiger partial charge >= 0.3 is 0 Å². The van der Waals surface area contributed by atoms with Crippen molar-refractivity contribution in [2.75, 3.05) is 0 Å². The Balaban J connectivity index is 2.13. The Morgan fingerprint density at radius 2 is 1.40 bits per heavy atom. The van der Waals surface area contributed by atoms with E-state index in [-0.39, 0.29) is 25.2 Å². The SMILES string of the molecule is CC(C)(C)c1cc(Pc2ccccc2F)c(OCc2ccccc2)c(C(C)(C)C)c1. The molecule has 0 aliphatic rings. The number of ether oxygens (including phenoxy) is 1. The first kappa shape index (κ1) is 22.5. The van der Waals surface area contributed by atoms with E-state index in [1.807, 2.05) is 30.3 Å². The Kier molecular flexibility index (Phi) is 6.68. The van der Waals surface area contributed by atoms with Crippen molar-refractivity contribution < 1.29 is 9.13 Å². The van der Waals surface area contributed by atoms with Crippen LogP contribution in [0.3, 0.4) is 0 Å². The van der Waals surface area contributed by atoms with Crippen LogP contribution in [0.15, 0.2) is 66.7 Å². The first-order chi connectivity index (χ1) is 14.1. The molecule has 3 aromatic rings. The zero-order valence-corrected chi connectivity index (χ0v) is 19.8. The lowest BCUT2D eigenvalue weighted by molar-refractivity contribution is 0.300. The molecule has 3 heteroatoms. The maximum absolute atomic E-state index is 14.5. The van der Waals surface area contributed by atoms with Crippen molar-refractivity contribution in [3.05, 3.63) is 89.2 Å². The molecule has 0 fully saturated rings. The lowest BCUT2D eigenvalue weighted by Gasteiger charge is -2.29. The minimum atomic E-state index is -0.164. The Morgan fingerprint density at radius 1 is 0.767 bits per heavy atom. The van der Waals surface area contributed by atoms with E-state index in [0.717, 1.165) is 16.6 Å². The lowest BCUT2D eigenvalue weighted by atomic mass is 9.80. The zero-order valence-electron chi connectivity index (χ0n) is 18.8. The van der Waals surface area contributed by atoms with Crippen LogP contribution in [0.25, 0.3) is 0 Å². The topological polar surface area (TPSA) is 9.23 Å². The van der Waals surface area contributed by atoms with Gasteiger partial charge in [-0.2, -0.15) is 0 Å². The molecule has 1 nitrogen and oxygen atoms in total. The summed E-state index contributed by atoms with van der Waals surface area (Å²) in [6.07, 6.45) is 0. The summed E-state index contributed by atoms with van der Waals surface area (Å²) in [6, 6.07) is 21.7. The van der Waals surface area contributed by atoms with E-state index in [1.165, 1.54) is 17.2 Å². The summed E-state index contributed by atoms with van der Waals surface area (Å²) in [5.74, 6) is 0.726. The second-order valence-corrected chi connectivity index (χ2v) is 11.1. The fourth-order valence-corrected chi connectivity index (χ4v) is 4.53. The Labute approximate surface area is 182 Å². The van der Waals surface area contributed by atoms with Crippen molar-refractivity contribution >= 4 is 19.2 Å². The van der Waals surface area contributed by atoms with E-state index in [9.17, 15) is 4.39 Å². The smallest absolute Gasteiger partial charge is 0.131 e.